The van der Waals surface area contributed by atoms with Gasteiger partial charge in [0.15, 0.2) is 0 Å². The Morgan fingerprint density at radius 3 is 2.65 bits per heavy atom. The molecule has 1 aromatic rings. The number of hydrogen-bond donors (Lipinski definition) is 1. The van der Waals surface area contributed by atoms with Crippen LogP contribution in [-0.2, 0) is 0 Å². The second-order valence-electron chi connectivity index (χ2n) is 4.55. The SMILES string of the molecule is CN(CCC1CC1)C(=O)c1ccccc1N.Cl. The zero-order chi connectivity index (χ0) is 11.5. The van der Waals surface area contributed by atoms with Crippen LogP contribution in [0.2, 0.25) is 0 Å². The molecule has 2 N–H and O–H groups in total. The Bertz CT molecular complexity index is 391. The summed E-state index contributed by atoms with van der Waals surface area (Å²) < 4.78 is 0. The molecule has 0 heterocycles. The lowest BCUT2D eigenvalue weighted by atomic mass is 10.1. The molecule has 1 saturated carbocycles. The lowest BCUT2D eigenvalue weighted by Gasteiger charge is -2.17. The molecule has 0 spiro atoms. The molecule has 1 aliphatic rings. The zero-order valence-electron chi connectivity index (χ0n) is 10.1. The number of benzene rings is 1. The largest absolute Gasteiger partial charge is 0.398 e. The molecule has 94 valence electrons. The van der Waals surface area contributed by atoms with Crippen molar-refractivity contribution in [3.63, 3.8) is 0 Å². The molecular weight excluding hydrogens is 236 g/mol. The lowest BCUT2D eigenvalue weighted by Crippen LogP contribution is -2.28. The van der Waals surface area contributed by atoms with E-state index in [1.54, 1.807) is 17.0 Å². The Morgan fingerprint density at radius 2 is 2.06 bits per heavy atom. The maximum Gasteiger partial charge on any atom is 0.255 e. The number of para-hydroxylation sites is 1. The van der Waals surface area contributed by atoms with Crippen molar-refractivity contribution in [2.24, 2.45) is 5.92 Å². The molecule has 3 nitrogen and oxygen atoms in total. The van der Waals surface area contributed by atoms with E-state index >= 15 is 0 Å². The number of nitrogens with zero attached hydrogens (tertiary/aromatic N) is 1. The Kier molecular flexibility index (Phi) is 4.82. The molecule has 0 bridgehead atoms. The Labute approximate surface area is 108 Å². The van der Waals surface area contributed by atoms with Crippen molar-refractivity contribution in [3.05, 3.63) is 29.8 Å². The number of carbonyl (C=O) groups is 1. The number of halogens is 1. The van der Waals surface area contributed by atoms with E-state index in [4.69, 9.17) is 5.73 Å². The van der Waals surface area contributed by atoms with Gasteiger partial charge in [-0.15, -0.1) is 12.4 Å². The Morgan fingerprint density at radius 1 is 1.41 bits per heavy atom. The molecule has 0 saturated heterocycles. The van der Waals surface area contributed by atoms with E-state index in [1.165, 1.54) is 12.8 Å². The average molecular weight is 255 g/mol. The monoisotopic (exact) mass is 254 g/mol. The highest BCUT2D eigenvalue weighted by atomic mass is 35.5. The number of anilines is 1. The van der Waals surface area contributed by atoms with Gasteiger partial charge in [-0.1, -0.05) is 25.0 Å². The maximum atomic E-state index is 12.0. The van der Waals surface area contributed by atoms with E-state index < -0.39 is 0 Å². The second kappa shape index (κ2) is 5.92. The number of rotatable bonds is 4. The van der Waals surface area contributed by atoms with E-state index in [2.05, 4.69) is 0 Å². The summed E-state index contributed by atoms with van der Waals surface area (Å²) >= 11 is 0. The quantitative estimate of drug-likeness (QED) is 0.840. The summed E-state index contributed by atoms with van der Waals surface area (Å²) in [4.78, 5) is 13.8. The van der Waals surface area contributed by atoms with Crippen LogP contribution in [0.1, 0.15) is 29.6 Å². The molecule has 1 amide bonds. The molecular formula is C13H19ClN2O. The first-order chi connectivity index (χ1) is 7.68. The fourth-order valence-corrected chi connectivity index (χ4v) is 1.78. The molecule has 0 radical (unpaired) electrons. The number of nitrogen functional groups attached to an aromatic ring is 1. The Balaban J connectivity index is 0.00000144. The number of carbonyl (C=O) groups excluding carboxylic acids is 1. The topological polar surface area (TPSA) is 46.3 Å². The van der Waals surface area contributed by atoms with Crippen LogP contribution >= 0.6 is 12.4 Å². The molecule has 2 rings (SSSR count). The third-order valence-electron chi connectivity index (χ3n) is 3.11. The second-order valence-corrected chi connectivity index (χ2v) is 4.55. The minimum atomic E-state index is 0. The highest BCUT2D eigenvalue weighted by Crippen LogP contribution is 2.32. The van der Waals surface area contributed by atoms with Crippen molar-refractivity contribution >= 4 is 24.0 Å². The maximum absolute atomic E-state index is 12.0. The number of nitrogens with two attached hydrogens (primary N) is 1. The summed E-state index contributed by atoms with van der Waals surface area (Å²) in [7, 11) is 1.84. The van der Waals surface area contributed by atoms with Crippen LogP contribution in [0.5, 0.6) is 0 Å². The van der Waals surface area contributed by atoms with Crippen molar-refractivity contribution in [1.82, 2.24) is 4.90 Å². The van der Waals surface area contributed by atoms with E-state index in [1.807, 2.05) is 19.2 Å². The summed E-state index contributed by atoms with van der Waals surface area (Å²) in [5.74, 6) is 0.877. The summed E-state index contributed by atoms with van der Waals surface area (Å²) in [5.41, 5.74) is 6.95. The van der Waals surface area contributed by atoms with Crippen LogP contribution in [0, 0.1) is 5.92 Å². The van der Waals surface area contributed by atoms with Gasteiger partial charge in [0, 0.05) is 19.3 Å². The standard InChI is InChI=1S/C13H18N2O.ClH/c1-15(9-8-10-6-7-10)13(16)11-4-2-3-5-12(11)14;/h2-5,10H,6-9,14H2,1H3;1H. The third kappa shape index (κ3) is 3.63. The number of hydrogen-bond acceptors (Lipinski definition) is 2. The highest BCUT2D eigenvalue weighted by molar-refractivity contribution is 5.98. The summed E-state index contributed by atoms with van der Waals surface area (Å²) in [5, 5.41) is 0. The average Bonchev–Trinajstić information content (AvgIpc) is 3.09. The van der Waals surface area contributed by atoms with Crippen molar-refractivity contribution in [2.45, 2.75) is 19.3 Å². The normalized spacial score (nSPS) is 13.9. The van der Waals surface area contributed by atoms with Crippen LogP contribution in [-0.4, -0.2) is 24.4 Å². The fourth-order valence-electron chi connectivity index (χ4n) is 1.78. The molecule has 0 atom stereocenters. The van der Waals surface area contributed by atoms with Gasteiger partial charge in [-0.2, -0.15) is 0 Å². The molecule has 0 aromatic heterocycles. The molecule has 1 fully saturated rings. The molecule has 17 heavy (non-hydrogen) atoms. The minimum absolute atomic E-state index is 0. The summed E-state index contributed by atoms with van der Waals surface area (Å²) in [6.45, 7) is 0.831. The molecule has 4 heteroatoms. The van der Waals surface area contributed by atoms with E-state index in [0.717, 1.165) is 18.9 Å². The molecule has 1 aliphatic carbocycles. The Hall–Kier alpha value is -1.22. The fraction of sp³-hybridized carbons (Fsp3) is 0.462. The third-order valence-corrected chi connectivity index (χ3v) is 3.11. The highest BCUT2D eigenvalue weighted by Gasteiger charge is 2.22. The van der Waals surface area contributed by atoms with Crippen LogP contribution in [0.4, 0.5) is 5.69 Å². The van der Waals surface area contributed by atoms with Crippen molar-refractivity contribution in [3.8, 4) is 0 Å². The van der Waals surface area contributed by atoms with Crippen LogP contribution in [0.25, 0.3) is 0 Å². The molecule has 0 unspecified atom stereocenters. The van der Waals surface area contributed by atoms with Gasteiger partial charge in [0.1, 0.15) is 0 Å². The van der Waals surface area contributed by atoms with Crippen LogP contribution < -0.4 is 5.73 Å². The van der Waals surface area contributed by atoms with E-state index in [9.17, 15) is 4.79 Å². The summed E-state index contributed by atoms with van der Waals surface area (Å²) in [6, 6.07) is 7.24. The van der Waals surface area contributed by atoms with E-state index in [-0.39, 0.29) is 18.3 Å². The first-order valence-electron chi connectivity index (χ1n) is 5.78. The van der Waals surface area contributed by atoms with Gasteiger partial charge < -0.3 is 10.6 Å². The van der Waals surface area contributed by atoms with Gasteiger partial charge in [0.05, 0.1) is 5.56 Å². The predicted molar refractivity (Wildman–Crippen MR) is 72.4 cm³/mol. The molecule has 1 aromatic carbocycles. The van der Waals surface area contributed by atoms with Gasteiger partial charge in [0.25, 0.3) is 5.91 Å². The van der Waals surface area contributed by atoms with Gasteiger partial charge in [-0.25, -0.2) is 0 Å². The van der Waals surface area contributed by atoms with Crippen LogP contribution in [0.15, 0.2) is 24.3 Å². The van der Waals surface area contributed by atoms with E-state index in [0.29, 0.717) is 11.3 Å². The minimum Gasteiger partial charge on any atom is -0.398 e. The van der Waals surface area contributed by atoms with Gasteiger partial charge in [-0.3, -0.25) is 4.79 Å². The predicted octanol–water partition coefficient (Wildman–Crippen LogP) is 2.56. The first-order valence-corrected chi connectivity index (χ1v) is 5.78. The van der Waals surface area contributed by atoms with Crippen molar-refractivity contribution in [1.29, 1.82) is 0 Å². The molecule has 0 aliphatic heterocycles. The van der Waals surface area contributed by atoms with Crippen molar-refractivity contribution in [2.75, 3.05) is 19.3 Å². The first kappa shape index (κ1) is 13.8. The van der Waals surface area contributed by atoms with Crippen LogP contribution in [0.3, 0.4) is 0 Å². The smallest absolute Gasteiger partial charge is 0.255 e. The lowest BCUT2D eigenvalue weighted by molar-refractivity contribution is 0.0792. The van der Waals surface area contributed by atoms with Crippen molar-refractivity contribution < 1.29 is 4.79 Å². The van der Waals surface area contributed by atoms with Gasteiger partial charge >= 0.3 is 0 Å². The zero-order valence-corrected chi connectivity index (χ0v) is 10.9. The van der Waals surface area contributed by atoms with Gasteiger partial charge in [-0.05, 0) is 24.5 Å². The van der Waals surface area contributed by atoms with Gasteiger partial charge in [0.2, 0.25) is 0 Å². The number of amides is 1. The summed E-state index contributed by atoms with van der Waals surface area (Å²) in [6.07, 6.45) is 3.78.